The molecule has 0 aliphatic carbocycles. The molecule has 0 fully saturated rings. The van der Waals surface area contributed by atoms with Crippen LogP contribution in [0.15, 0.2) is 267 Å². The van der Waals surface area contributed by atoms with Crippen molar-refractivity contribution in [2.24, 2.45) is 0 Å². The van der Waals surface area contributed by atoms with Crippen molar-refractivity contribution in [2.45, 2.75) is 0 Å². The van der Waals surface area contributed by atoms with E-state index in [1.807, 2.05) is 0 Å². The summed E-state index contributed by atoms with van der Waals surface area (Å²) in [5.41, 5.74) is 18.2. The van der Waals surface area contributed by atoms with Crippen LogP contribution in [0.25, 0.3) is 98.8 Å². The lowest BCUT2D eigenvalue weighted by atomic mass is 10.00. The number of hydrogen-bond acceptors (Lipinski definition) is 2. The van der Waals surface area contributed by atoms with Crippen LogP contribution in [0.2, 0.25) is 0 Å². The molecule has 15 rings (SSSR count). The number of anilines is 6. The minimum Gasteiger partial charge on any atom is -0.310 e. The lowest BCUT2D eigenvalue weighted by molar-refractivity contribution is 1.20. The zero-order valence-corrected chi connectivity index (χ0v) is 39.2. The predicted octanol–water partition coefficient (Wildman–Crippen LogP) is 18.8. The van der Waals surface area contributed by atoms with Crippen LogP contribution in [-0.2, 0) is 0 Å². The van der Waals surface area contributed by atoms with Crippen molar-refractivity contribution in [3.05, 3.63) is 267 Å². The van der Waals surface area contributed by atoms with E-state index in [4.69, 9.17) is 0 Å². The highest BCUT2D eigenvalue weighted by atomic mass is 15.2. The average molecular weight is 917 g/mol. The Labute approximate surface area is 416 Å². The molecule has 0 atom stereocenters. The first-order valence-electron chi connectivity index (χ1n) is 24.7. The fraction of sp³-hybridized carbons (Fsp3) is 0. The second-order valence-electron chi connectivity index (χ2n) is 19.0. The highest BCUT2D eigenvalue weighted by Crippen LogP contribution is 2.46. The molecular weight excluding hydrogens is 873 g/mol. The topological polar surface area (TPSA) is 16.3 Å². The molecule has 0 saturated carbocycles. The van der Waals surface area contributed by atoms with Gasteiger partial charge in [0.15, 0.2) is 0 Å². The van der Waals surface area contributed by atoms with Gasteiger partial charge in [-0.15, -0.1) is 0 Å². The van der Waals surface area contributed by atoms with Gasteiger partial charge < -0.3 is 18.9 Å². The van der Waals surface area contributed by atoms with Gasteiger partial charge in [0.25, 0.3) is 0 Å². The van der Waals surface area contributed by atoms with Crippen LogP contribution in [0.5, 0.6) is 0 Å². The van der Waals surface area contributed by atoms with E-state index in [1.165, 1.54) is 76.5 Å². The van der Waals surface area contributed by atoms with Gasteiger partial charge in [-0.2, -0.15) is 0 Å². The van der Waals surface area contributed by atoms with Crippen LogP contribution in [0.3, 0.4) is 0 Å². The van der Waals surface area contributed by atoms with E-state index in [2.05, 4.69) is 286 Å². The van der Waals surface area contributed by atoms with Gasteiger partial charge in [0, 0.05) is 66.4 Å². The second kappa shape index (κ2) is 16.0. The van der Waals surface area contributed by atoms with Crippen molar-refractivity contribution in [3.63, 3.8) is 0 Å². The predicted molar refractivity (Wildman–Crippen MR) is 304 cm³/mol. The monoisotopic (exact) mass is 916 g/mol. The zero-order valence-electron chi connectivity index (χ0n) is 39.2. The first-order valence-corrected chi connectivity index (χ1v) is 24.7. The Morgan fingerprint density at radius 2 is 0.500 bits per heavy atom. The molecule has 0 spiro atoms. The summed E-state index contributed by atoms with van der Waals surface area (Å²) in [7, 11) is 0. The molecule has 336 valence electrons. The molecule has 0 unspecified atom stereocenters. The van der Waals surface area contributed by atoms with E-state index < -0.39 is 0 Å². The average Bonchev–Trinajstić information content (AvgIpc) is 3.95. The van der Waals surface area contributed by atoms with Crippen molar-refractivity contribution in [1.29, 1.82) is 0 Å². The number of rotatable bonds is 4. The maximum Gasteiger partial charge on any atom is 0.0542 e. The van der Waals surface area contributed by atoms with E-state index in [1.54, 1.807) is 0 Å². The third-order valence-electron chi connectivity index (χ3n) is 14.9. The van der Waals surface area contributed by atoms with Crippen molar-refractivity contribution in [1.82, 2.24) is 9.13 Å². The van der Waals surface area contributed by atoms with Crippen LogP contribution in [0, 0.1) is 0 Å². The van der Waals surface area contributed by atoms with Gasteiger partial charge in [-0.05, 0) is 142 Å². The smallest absolute Gasteiger partial charge is 0.0542 e. The molecule has 4 nitrogen and oxygen atoms in total. The molecule has 8 bridgehead atoms. The molecule has 0 N–H and O–H groups in total. The minimum atomic E-state index is 1.09. The van der Waals surface area contributed by atoms with Crippen LogP contribution in [0.4, 0.5) is 34.1 Å². The molecule has 1 aliphatic heterocycles. The molecule has 3 heterocycles. The van der Waals surface area contributed by atoms with Crippen LogP contribution in [-0.4, -0.2) is 9.13 Å². The highest BCUT2D eigenvalue weighted by Gasteiger charge is 2.23. The third kappa shape index (κ3) is 6.26. The normalized spacial score (nSPS) is 12.4. The second-order valence-corrected chi connectivity index (χ2v) is 19.0. The molecular formula is C68H44N4. The van der Waals surface area contributed by atoms with E-state index in [0.717, 1.165) is 56.4 Å². The quantitative estimate of drug-likeness (QED) is 0.175. The van der Waals surface area contributed by atoms with Crippen LogP contribution < -0.4 is 9.80 Å². The maximum absolute atomic E-state index is 2.44. The molecule has 2 aromatic heterocycles. The van der Waals surface area contributed by atoms with Crippen LogP contribution in [0.1, 0.15) is 0 Å². The van der Waals surface area contributed by atoms with Crippen molar-refractivity contribution >= 4 is 99.3 Å². The first kappa shape index (κ1) is 40.3. The summed E-state index contributed by atoms with van der Waals surface area (Å²) in [6, 6.07) is 98.3. The van der Waals surface area contributed by atoms with E-state index >= 15 is 0 Å². The molecule has 4 heteroatoms. The van der Waals surface area contributed by atoms with Crippen molar-refractivity contribution in [2.75, 3.05) is 9.80 Å². The summed E-state index contributed by atoms with van der Waals surface area (Å²) >= 11 is 0. The van der Waals surface area contributed by atoms with Gasteiger partial charge in [0.2, 0.25) is 0 Å². The first-order chi connectivity index (χ1) is 35.7. The Kier molecular flexibility index (Phi) is 8.92. The molecule has 0 amide bonds. The Hall–Kier alpha value is -9.64. The SMILES string of the molecule is c1cc2cc(c1)N(c1ccc3c(c1)c1ccccc1n3-c1cccc3ccccc13)c1cccc(c1)-c1cccc(c1)N(c1ccc3c(c1)c1ccccc1n3-c1cccc3ccccc13)c1cccc-2c1. The van der Waals surface area contributed by atoms with E-state index in [9.17, 15) is 0 Å². The molecule has 14 aromatic rings. The van der Waals surface area contributed by atoms with Gasteiger partial charge in [-0.1, -0.05) is 158 Å². The number of hydrogen-bond donors (Lipinski definition) is 0. The lowest BCUT2D eigenvalue weighted by Gasteiger charge is -2.28. The van der Waals surface area contributed by atoms with Crippen LogP contribution >= 0.6 is 0 Å². The van der Waals surface area contributed by atoms with E-state index in [0.29, 0.717) is 0 Å². The van der Waals surface area contributed by atoms with Gasteiger partial charge in [-0.3, -0.25) is 0 Å². The summed E-state index contributed by atoms with van der Waals surface area (Å²) < 4.78 is 4.87. The Balaban J connectivity index is 0.908. The summed E-state index contributed by atoms with van der Waals surface area (Å²) in [5, 5.41) is 9.78. The zero-order chi connectivity index (χ0) is 47.3. The molecule has 0 radical (unpaired) electrons. The summed E-state index contributed by atoms with van der Waals surface area (Å²) in [5.74, 6) is 0. The van der Waals surface area contributed by atoms with Gasteiger partial charge >= 0.3 is 0 Å². The van der Waals surface area contributed by atoms with Gasteiger partial charge in [0.05, 0.1) is 33.4 Å². The largest absolute Gasteiger partial charge is 0.310 e. The molecule has 1 aliphatic rings. The summed E-state index contributed by atoms with van der Waals surface area (Å²) in [6.07, 6.45) is 0. The number of fused-ring (bicyclic) bond motifs is 18. The molecule has 0 saturated heterocycles. The standard InChI is InChI=1S/C68H44N4/c1-3-27-57-45(15-1)17-13-33-63(57)71-65-31-7-5-29-59(65)61-43-55(35-37-67(61)71)69-51-23-9-19-47(39-51)49-21-11-25-53(41-49)70(54-26-12-22-50(42-54)48-20-10-24-52(69)40-48)56-36-38-68-62(44-56)60-30-6-8-32-66(60)72(68)64-34-14-18-46-16-2-4-28-58(46)64/h1-44H. The minimum absolute atomic E-state index is 1.09. The molecule has 72 heavy (non-hydrogen) atoms. The number of benzene rings is 12. The Morgan fingerprint density at radius 1 is 0.194 bits per heavy atom. The highest BCUT2D eigenvalue weighted by molar-refractivity contribution is 6.13. The fourth-order valence-electron chi connectivity index (χ4n) is 11.7. The number of para-hydroxylation sites is 2. The molecule has 12 aromatic carbocycles. The van der Waals surface area contributed by atoms with Crippen molar-refractivity contribution < 1.29 is 0 Å². The van der Waals surface area contributed by atoms with Gasteiger partial charge in [0.1, 0.15) is 0 Å². The summed E-state index contributed by atoms with van der Waals surface area (Å²) in [4.78, 5) is 4.85. The van der Waals surface area contributed by atoms with Gasteiger partial charge in [-0.25, -0.2) is 0 Å². The number of aromatic nitrogens is 2. The van der Waals surface area contributed by atoms with E-state index in [-0.39, 0.29) is 0 Å². The Morgan fingerprint density at radius 3 is 0.903 bits per heavy atom. The van der Waals surface area contributed by atoms with Crippen molar-refractivity contribution in [3.8, 4) is 33.6 Å². The third-order valence-corrected chi connectivity index (χ3v) is 14.9. The summed E-state index contributed by atoms with van der Waals surface area (Å²) in [6.45, 7) is 0. The number of nitrogens with zero attached hydrogens (tertiary/aromatic N) is 4. The fourth-order valence-corrected chi connectivity index (χ4v) is 11.7. The Bertz CT molecular complexity index is 4110. The lowest BCUT2D eigenvalue weighted by Crippen LogP contribution is -2.11. The maximum atomic E-state index is 2.44.